The second kappa shape index (κ2) is 4.46. The van der Waals surface area contributed by atoms with Crippen LogP contribution in [0.1, 0.15) is 25.7 Å². The standard InChI is InChI=1S/C9H18N2O2/c1-11(9(12)13-2)8-5-3-4-7(10)6-8/h7-8H,3-6,10H2,1-2H3. The van der Waals surface area contributed by atoms with Crippen LogP contribution in [0, 0.1) is 0 Å². The molecule has 1 aliphatic carbocycles. The number of carbonyl (C=O) groups excluding carboxylic acids is 1. The largest absolute Gasteiger partial charge is 0.453 e. The van der Waals surface area contributed by atoms with Crippen LogP contribution in [0.15, 0.2) is 0 Å². The van der Waals surface area contributed by atoms with Crippen molar-refractivity contribution in [2.45, 2.75) is 37.8 Å². The Morgan fingerprint density at radius 2 is 2.23 bits per heavy atom. The Labute approximate surface area is 79.0 Å². The molecule has 2 N–H and O–H groups in total. The van der Waals surface area contributed by atoms with Crippen LogP contribution in [0.25, 0.3) is 0 Å². The van der Waals surface area contributed by atoms with Crippen molar-refractivity contribution in [2.75, 3.05) is 14.2 Å². The Morgan fingerprint density at radius 1 is 1.54 bits per heavy atom. The molecule has 0 aliphatic heterocycles. The normalized spacial score (nSPS) is 28.2. The second-order valence-corrected chi connectivity index (χ2v) is 3.66. The third kappa shape index (κ3) is 2.59. The Morgan fingerprint density at radius 3 is 2.77 bits per heavy atom. The Bertz CT molecular complexity index is 184. The lowest BCUT2D eigenvalue weighted by Gasteiger charge is -2.32. The van der Waals surface area contributed by atoms with Gasteiger partial charge in [-0.2, -0.15) is 0 Å². The molecule has 2 atom stereocenters. The highest BCUT2D eigenvalue weighted by molar-refractivity contribution is 5.67. The number of methoxy groups -OCH3 is 1. The summed E-state index contributed by atoms with van der Waals surface area (Å²) in [5.41, 5.74) is 5.83. The van der Waals surface area contributed by atoms with Crippen LogP contribution in [0.2, 0.25) is 0 Å². The second-order valence-electron chi connectivity index (χ2n) is 3.66. The predicted octanol–water partition coefficient (Wildman–Crippen LogP) is 0.955. The van der Waals surface area contributed by atoms with Crippen LogP contribution >= 0.6 is 0 Å². The first-order valence-electron chi connectivity index (χ1n) is 4.71. The zero-order valence-corrected chi connectivity index (χ0v) is 8.32. The lowest BCUT2D eigenvalue weighted by molar-refractivity contribution is 0.105. The van der Waals surface area contributed by atoms with E-state index in [2.05, 4.69) is 4.74 Å². The maximum Gasteiger partial charge on any atom is 0.409 e. The summed E-state index contributed by atoms with van der Waals surface area (Å²) >= 11 is 0. The van der Waals surface area contributed by atoms with Gasteiger partial charge in [0.1, 0.15) is 0 Å². The first-order chi connectivity index (χ1) is 6.15. The molecule has 0 aromatic heterocycles. The van der Waals surface area contributed by atoms with E-state index in [0.29, 0.717) is 0 Å². The molecule has 0 heterocycles. The predicted molar refractivity (Wildman–Crippen MR) is 50.4 cm³/mol. The molecule has 4 heteroatoms. The lowest BCUT2D eigenvalue weighted by Crippen LogP contribution is -2.43. The zero-order valence-electron chi connectivity index (χ0n) is 8.32. The molecule has 1 rings (SSSR count). The van der Waals surface area contributed by atoms with Crippen molar-refractivity contribution >= 4 is 6.09 Å². The topological polar surface area (TPSA) is 55.6 Å². The van der Waals surface area contributed by atoms with Gasteiger partial charge in [-0.25, -0.2) is 4.79 Å². The van der Waals surface area contributed by atoms with E-state index in [1.807, 2.05) is 0 Å². The summed E-state index contributed by atoms with van der Waals surface area (Å²) in [7, 11) is 3.18. The van der Waals surface area contributed by atoms with Gasteiger partial charge in [0.05, 0.1) is 7.11 Å². The van der Waals surface area contributed by atoms with Crippen molar-refractivity contribution in [1.82, 2.24) is 4.90 Å². The Hall–Kier alpha value is -0.770. The highest BCUT2D eigenvalue weighted by Crippen LogP contribution is 2.21. The first-order valence-corrected chi connectivity index (χ1v) is 4.71. The molecule has 1 aliphatic rings. The molecule has 2 unspecified atom stereocenters. The summed E-state index contributed by atoms with van der Waals surface area (Å²) in [5, 5.41) is 0. The summed E-state index contributed by atoms with van der Waals surface area (Å²) in [6, 6.07) is 0.502. The minimum atomic E-state index is -0.265. The van der Waals surface area contributed by atoms with Gasteiger partial charge in [-0.1, -0.05) is 0 Å². The number of amides is 1. The molecule has 0 radical (unpaired) electrons. The minimum Gasteiger partial charge on any atom is -0.453 e. The number of nitrogens with two attached hydrogens (primary N) is 1. The van der Waals surface area contributed by atoms with E-state index in [1.165, 1.54) is 7.11 Å². The average molecular weight is 186 g/mol. The first kappa shape index (κ1) is 10.3. The molecule has 4 nitrogen and oxygen atoms in total. The fourth-order valence-electron chi connectivity index (χ4n) is 1.85. The Kier molecular flexibility index (Phi) is 3.54. The summed E-state index contributed by atoms with van der Waals surface area (Å²) in [5.74, 6) is 0. The highest BCUT2D eigenvalue weighted by atomic mass is 16.5. The molecule has 0 aromatic rings. The van der Waals surface area contributed by atoms with Gasteiger partial charge in [0, 0.05) is 19.1 Å². The van der Waals surface area contributed by atoms with E-state index < -0.39 is 0 Å². The summed E-state index contributed by atoms with van der Waals surface area (Å²) < 4.78 is 4.65. The number of nitrogens with zero attached hydrogens (tertiary/aromatic N) is 1. The van der Waals surface area contributed by atoms with Crippen molar-refractivity contribution in [2.24, 2.45) is 5.73 Å². The Balaban J connectivity index is 2.45. The maximum atomic E-state index is 11.2. The highest BCUT2D eigenvalue weighted by Gasteiger charge is 2.25. The smallest absolute Gasteiger partial charge is 0.409 e. The van der Waals surface area contributed by atoms with Gasteiger partial charge in [0.15, 0.2) is 0 Å². The monoisotopic (exact) mass is 186 g/mol. The fraction of sp³-hybridized carbons (Fsp3) is 0.889. The van der Waals surface area contributed by atoms with Crippen LogP contribution in [0.5, 0.6) is 0 Å². The van der Waals surface area contributed by atoms with E-state index in [9.17, 15) is 4.79 Å². The van der Waals surface area contributed by atoms with Crippen molar-refractivity contribution in [1.29, 1.82) is 0 Å². The molecular weight excluding hydrogens is 168 g/mol. The summed E-state index contributed by atoms with van der Waals surface area (Å²) in [4.78, 5) is 12.8. The van der Waals surface area contributed by atoms with Gasteiger partial charge in [0.2, 0.25) is 0 Å². The molecule has 13 heavy (non-hydrogen) atoms. The molecule has 0 bridgehead atoms. The molecule has 1 saturated carbocycles. The van der Waals surface area contributed by atoms with Crippen LogP contribution < -0.4 is 5.73 Å². The fourth-order valence-corrected chi connectivity index (χ4v) is 1.85. The van der Waals surface area contributed by atoms with Crippen LogP contribution in [-0.2, 0) is 4.74 Å². The van der Waals surface area contributed by atoms with Crippen molar-refractivity contribution < 1.29 is 9.53 Å². The van der Waals surface area contributed by atoms with Gasteiger partial charge in [-0.15, -0.1) is 0 Å². The number of hydrogen-bond donors (Lipinski definition) is 1. The van der Waals surface area contributed by atoms with E-state index in [0.717, 1.165) is 25.7 Å². The third-order valence-corrected chi connectivity index (χ3v) is 2.70. The number of ether oxygens (including phenoxy) is 1. The van der Waals surface area contributed by atoms with Gasteiger partial charge in [-0.3, -0.25) is 0 Å². The average Bonchev–Trinajstić information content (AvgIpc) is 2.15. The summed E-state index contributed by atoms with van der Waals surface area (Å²) in [6.07, 6.45) is 3.85. The molecule has 1 amide bonds. The molecule has 76 valence electrons. The van der Waals surface area contributed by atoms with Crippen LogP contribution in [-0.4, -0.2) is 37.2 Å². The number of rotatable bonds is 1. The SMILES string of the molecule is COC(=O)N(C)C1CCCC(N)C1. The minimum absolute atomic E-state index is 0.242. The van der Waals surface area contributed by atoms with Crippen molar-refractivity contribution in [3.63, 3.8) is 0 Å². The van der Waals surface area contributed by atoms with E-state index in [4.69, 9.17) is 5.73 Å². The third-order valence-electron chi connectivity index (χ3n) is 2.70. The van der Waals surface area contributed by atoms with E-state index in [1.54, 1.807) is 11.9 Å². The molecule has 0 spiro atoms. The van der Waals surface area contributed by atoms with E-state index >= 15 is 0 Å². The lowest BCUT2D eigenvalue weighted by atomic mass is 9.91. The quantitative estimate of drug-likeness (QED) is 0.663. The van der Waals surface area contributed by atoms with Crippen molar-refractivity contribution in [3.05, 3.63) is 0 Å². The van der Waals surface area contributed by atoms with Gasteiger partial charge in [0.25, 0.3) is 0 Å². The number of carbonyl (C=O) groups is 1. The zero-order chi connectivity index (χ0) is 9.84. The number of hydrogen-bond acceptors (Lipinski definition) is 3. The van der Waals surface area contributed by atoms with Gasteiger partial charge < -0.3 is 15.4 Å². The van der Waals surface area contributed by atoms with Crippen molar-refractivity contribution in [3.8, 4) is 0 Å². The summed E-state index contributed by atoms with van der Waals surface area (Å²) in [6.45, 7) is 0. The maximum absolute atomic E-state index is 11.2. The van der Waals surface area contributed by atoms with Crippen LogP contribution in [0.3, 0.4) is 0 Å². The molecular formula is C9H18N2O2. The molecule has 0 aromatic carbocycles. The van der Waals surface area contributed by atoms with Gasteiger partial charge >= 0.3 is 6.09 Å². The van der Waals surface area contributed by atoms with Gasteiger partial charge in [-0.05, 0) is 25.7 Å². The van der Waals surface area contributed by atoms with Crippen LogP contribution in [0.4, 0.5) is 4.79 Å². The molecule has 1 fully saturated rings. The molecule has 0 saturated heterocycles. The van der Waals surface area contributed by atoms with E-state index in [-0.39, 0.29) is 18.2 Å².